The molecule has 21 heavy (non-hydrogen) atoms. The van der Waals surface area contributed by atoms with Crippen molar-refractivity contribution in [3.8, 4) is 5.75 Å². The first-order valence-corrected chi connectivity index (χ1v) is 7.14. The summed E-state index contributed by atoms with van der Waals surface area (Å²) in [5.41, 5.74) is 0.668. The highest BCUT2D eigenvalue weighted by Gasteiger charge is 2.10. The van der Waals surface area contributed by atoms with E-state index in [0.29, 0.717) is 15.3 Å². The molecule has 106 valence electrons. The molecule has 0 aliphatic carbocycles. The third kappa shape index (κ3) is 2.57. The van der Waals surface area contributed by atoms with Gasteiger partial charge in [0.2, 0.25) is 0 Å². The molecule has 0 unspecified atom stereocenters. The molecule has 5 nitrogen and oxygen atoms in total. The van der Waals surface area contributed by atoms with Crippen molar-refractivity contribution >= 4 is 32.4 Å². The van der Waals surface area contributed by atoms with Crippen LogP contribution in [0.1, 0.15) is 0 Å². The van der Waals surface area contributed by atoms with E-state index >= 15 is 0 Å². The van der Waals surface area contributed by atoms with Crippen LogP contribution in [0.5, 0.6) is 5.75 Å². The van der Waals surface area contributed by atoms with Crippen LogP contribution in [0.15, 0.2) is 47.4 Å². The van der Waals surface area contributed by atoms with Crippen LogP contribution in [-0.2, 0) is 0 Å². The van der Waals surface area contributed by atoms with E-state index in [9.17, 15) is 4.79 Å². The number of ether oxygens (including phenoxy) is 1. The van der Waals surface area contributed by atoms with Crippen molar-refractivity contribution in [1.82, 2.24) is 9.97 Å². The van der Waals surface area contributed by atoms with E-state index in [4.69, 9.17) is 4.74 Å². The molecule has 0 saturated heterocycles. The van der Waals surface area contributed by atoms with Gasteiger partial charge in [0.1, 0.15) is 10.6 Å². The Balaban J connectivity index is 2.04. The lowest BCUT2D eigenvalue weighted by atomic mass is 10.3. The van der Waals surface area contributed by atoms with Crippen LogP contribution in [0.4, 0.5) is 10.8 Å². The summed E-state index contributed by atoms with van der Waals surface area (Å²) in [6, 6.07) is 11.1. The van der Waals surface area contributed by atoms with Gasteiger partial charge in [0, 0.05) is 18.9 Å². The lowest BCUT2D eigenvalue weighted by Crippen LogP contribution is -2.15. The van der Waals surface area contributed by atoms with Gasteiger partial charge in [-0.15, -0.1) is 0 Å². The molecule has 0 amide bonds. The van der Waals surface area contributed by atoms with E-state index in [1.807, 2.05) is 36.2 Å². The van der Waals surface area contributed by atoms with Crippen LogP contribution < -0.4 is 15.2 Å². The number of rotatable bonds is 3. The van der Waals surface area contributed by atoms with Crippen LogP contribution in [0, 0.1) is 0 Å². The molecule has 2 heterocycles. The van der Waals surface area contributed by atoms with Gasteiger partial charge in [0.25, 0.3) is 5.56 Å². The van der Waals surface area contributed by atoms with Crippen molar-refractivity contribution in [1.29, 1.82) is 0 Å². The van der Waals surface area contributed by atoms with Crippen LogP contribution >= 0.6 is 11.3 Å². The molecule has 0 aliphatic heterocycles. The van der Waals surface area contributed by atoms with Crippen molar-refractivity contribution in [2.45, 2.75) is 0 Å². The number of hydrogen-bond donors (Lipinski definition) is 0. The Kier molecular flexibility index (Phi) is 3.53. The number of aromatic nitrogens is 2. The summed E-state index contributed by atoms with van der Waals surface area (Å²) >= 11 is 1.39. The SMILES string of the molecule is COc1ccc(N(C)c2nc(=O)c3cccnc3s2)cc1. The molecular weight excluding hydrogens is 286 g/mol. The van der Waals surface area contributed by atoms with Gasteiger partial charge in [-0.3, -0.25) is 4.79 Å². The summed E-state index contributed by atoms with van der Waals surface area (Å²) in [5, 5.41) is 1.16. The van der Waals surface area contributed by atoms with Gasteiger partial charge in [-0.2, -0.15) is 4.98 Å². The molecule has 6 heteroatoms. The number of fused-ring (bicyclic) bond motifs is 1. The van der Waals surface area contributed by atoms with Crippen LogP contribution in [-0.4, -0.2) is 24.1 Å². The highest BCUT2D eigenvalue weighted by Crippen LogP contribution is 2.28. The number of pyridine rings is 1. The largest absolute Gasteiger partial charge is 0.497 e. The molecule has 2 aromatic heterocycles. The van der Waals surface area contributed by atoms with Crippen molar-refractivity contribution < 1.29 is 4.74 Å². The third-order valence-electron chi connectivity index (χ3n) is 3.13. The molecular formula is C15H13N3O2S. The summed E-state index contributed by atoms with van der Waals surface area (Å²) in [6.45, 7) is 0. The molecule has 3 rings (SSSR count). The number of nitrogens with zero attached hydrogens (tertiary/aromatic N) is 3. The fourth-order valence-electron chi connectivity index (χ4n) is 1.95. The predicted molar refractivity (Wildman–Crippen MR) is 84.7 cm³/mol. The average molecular weight is 299 g/mol. The van der Waals surface area contributed by atoms with Crippen molar-refractivity contribution in [3.05, 3.63) is 52.9 Å². The molecule has 0 saturated carbocycles. The minimum Gasteiger partial charge on any atom is -0.497 e. The summed E-state index contributed by atoms with van der Waals surface area (Å²) in [5.74, 6) is 0.786. The molecule has 0 aliphatic rings. The normalized spacial score (nSPS) is 10.6. The Morgan fingerprint density at radius 3 is 2.67 bits per heavy atom. The fraction of sp³-hybridized carbons (Fsp3) is 0.133. The van der Waals surface area contributed by atoms with E-state index in [1.165, 1.54) is 11.3 Å². The minimum absolute atomic E-state index is 0.257. The van der Waals surface area contributed by atoms with Crippen LogP contribution in [0.25, 0.3) is 10.2 Å². The van der Waals surface area contributed by atoms with Crippen LogP contribution in [0.3, 0.4) is 0 Å². The van der Waals surface area contributed by atoms with E-state index < -0.39 is 0 Å². The van der Waals surface area contributed by atoms with Gasteiger partial charge in [0.15, 0.2) is 5.13 Å². The molecule has 3 aromatic rings. The maximum Gasteiger partial charge on any atom is 0.282 e. The van der Waals surface area contributed by atoms with Gasteiger partial charge < -0.3 is 9.64 Å². The first kappa shape index (κ1) is 13.5. The van der Waals surface area contributed by atoms with E-state index in [1.54, 1.807) is 25.4 Å². The molecule has 0 spiro atoms. The Morgan fingerprint density at radius 1 is 1.19 bits per heavy atom. The van der Waals surface area contributed by atoms with Crippen molar-refractivity contribution in [2.75, 3.05) is 19.1 Å². The molecule has 0 atom stereocenters. The zero-order valence-electron chi connectivity index (χ0n) is 11.6. The Labute approximate surface area is 125 Å². The summed E-state index contributed by atoms with van der Waals surface area (Å²) in [7, 11) is 3.50. The molecule has 0 fully saturated rings. The maximum atomic E-state index is 12.0. The van der Waals surface area contributed by atoms with Gasteiger partial charge in [0.05, 0.1) is 12.5 Å². The standard InChI is InChI=1S/C15H13N3O2S/c1-18(10-5-7-11(20-2)8-6-10)15-17-13(19)12-4-3-9-16-14(12)21-15/h3-9H,1-2H3. The van der Waals surface area contributed by atoms with Crippen molar-refractivity contribution in [3.63, 3.8) is 0 Å². The Hall–Kier alpha value is -2.47. The number of methoxy groups -OCH3 is 1. The van der Waals surface area contributed by atoms with Gasteiger partial charge in [-0.1, -0.05) is 11.3 Å². The first-order valence-electron chi connectivity index (χ1n) is 6.32. The lowest BCUT2D eigenvalue weighted by Gasteiger charge is -2.17. The average Bonchev–Trinajstić information content (AvgIpc) is 2.54. The monoisotopic (exact) mass is 299 g/mol. The third-order valence-corrected chi connectivity index (χ3v) is 4.20. The molecule has 0 radical (unpaired) electrons. The second-order valence-corrected chi connectivity index (χ2v) is 5.37. The zero-order valence-corrected chi connectivity index (χ0v) is 12.4. The Bertz CT molecular complexity index is 830. The highest BCUT2D eigenvalue weighted by molar-refractivity contribution is 7.21. The molecule has 0 N–H and O–H groups in total. The summed E-state index contributed by atoms with van der Waals surface area (Å²) in [6.07, 6.45) is 1.68. The van der Waals surface area contributed by atoms with E-state index in [2.05, 4.69) is 9.97 Å². The maximum absolute atomic E-state index is 12.0. The first-order chi connectivity index (χ1) is 10.2. The van der Waals surface area contributed by atoms with Gasteiger partial charge in [-0.25, -0.2) is 4.98 Å². The Morgan fingerprint density at radius 2 is 1.95 bits per heavy atom. The number of anilines is 2. The minimum atomic E-state index is -0.257. The topological polar surface area (TPSA) is 55.3 Å². The van der Waals surface area contributed by atoms with E-state index in [-0.39, 0.29) is 5.56 Å². The van der Waals surface area contributed by atoms with E-state index in [0.717, 1.165) is 11.4 Å². The number of hydrogen-bond acceptors (Lipinski definition) is 6. The number of benzene rings is 1. The van der Waals surface area contributed by atoms with Crippen molar-refractivity contribution in [2.24, 2.45) is 0 Å². The van der Waals surface area contributed by atoms with Gasteiger partial charge >= 0.3 is 0 Å². The molecule has 0 bridgehead atoms. The van der Waals surface area contributed by atoms with Crippen LogP contribution in [0.2, 0.25) is 0 Å². The summed E-state index contributed by atoms with van der Waals surface area (Å²) in [4.78, 5) is 23.0. The smallest absolute Gasteiger partial charge is 0.282 e. The second-order valence-electron chi connectivity index (χ2n) is 4.41. The fourth-order valence-corrected chi connectivity index (χ4v) is 2.87. The zero-order chi connectivity index (χ0) is 14.8. The quantitative estimate of drug-likeness (QED) is 0.744. The lowest BCUT2D eigenvalue weighted by molar-refractivity contribution is 0.415. The predicted octanol–water partition coefficient (Wildman–Crippen LogP) is 2.83. The second kappa shape index (κ2) is 5.49. The summed E-state index contributed by atoms with van der Waals surface area (Å²) < 4.78 is 5.14. The molecule has 1 aromatic carbocycles. The highest BCUT2D eigenvalue weighted by atomic mass is 32.1. The van der Waals surface area contributed by atoms with Gasteiger partial charge in [-0.05, 0) is 36.4 Å².